The van der Waals surface area contributed by atoms with E-state index < -0.39 is 0 Å². The molecule has 1 fully saturated rings. The van der Waals surface area contributed by atoms with Crippen LogP contribution in [0.5, 0.6) is 0 Å². The Labute approximate surface area is 117 Å². The van der Waals surface area contributed by atoms with E-state index in [-0.39, 0.29) is 6.10 Å². The number of aliphatic hydroxyl groups is 1. The third-order valence-electron chi connectivity index (χ3n) is 4.20. The first-order chi connectivity index (χ1) is 9.16. The van der Waals surface area contributed by atoms with E-state index in [0.29, 0.717) is 0 Å². The Morgan fingerprint density at radius 3 is 2.42 bits per heavy atom. The summed E-state index contributed by atoms with van der Waals surface area (Å²) in [5, 5.41) is 10.4. The number of aryl methyl sites for hydroxylation is 2. The first-order valence-electron chi connectivity index (χ1n) is 7.64. The molecular formula is C17H27NO. The quantitative estimate of drug-likeness (QED) is 0.895. The summed E-state index contributed by atoms with van der Waals surface area (Å²) in [7, 11) is 0. The van der Waals surface area contributed by atoms with E-state index in [4.69, 9.17) is 0 Å². The van der Waals surface area contributed by atoms with Crippen LogP contribution in [0.2, 0.25) is 0 Å². The molecule has 0 amide bonds. The maximum absolute atomic E-state index is 10.4. The number of hydrogen-bond donors (Lipinski definition) is 1. The van der Waals surface area contributed by atoms with E-state index in [1.807, 2.05) is 0 Å². The van der Waals surface area contributed by atoms with E-state index in [0.717, 1.165) is 18.5 Å². The van der Waals surface area contributed by atoms with Crippen molar-refractivity contribution in [1.82, 2.24) is 4.90 Å². The van der Waals surface area contributed by atoms with Gasteiger partial charge in [0.25, 0.3) is 0 Å². The zero-order valence-corrected chi connectivity index (χ0v) is 12.4. The minimum atomic E-state index is -0.316. The lowest BCUT2D eigenvalue weighted by atomic mass is 9.99. The molecule has 1 atom stereocenters. The topological polar surface area (TPSA) is 23.5 Å². The molecule has 1 aromatic carbocycles. The summed E-state index contributed by atoms with van der Waals surface area (Å²) in [5.41, 5.74) is 3.57. The zero-order valence-electron chi connectivity index (χ0n) is 12.4. The predicted molar refractivity (Wildman–Crippen MR) is 80.4 cm³/mol. The molecule has 1 saturated heterocycles. The van der Waals surface area contributed by atoms with Crippen molar-refractivity contribution in [2.75, 3.05) is 19.6 Å². The van der Waals surface area contributed by atoms with Crippen molar-refractivity contribution in [3.05, 3.63) is 34.9 Å². The number of hydrogen-bond acceptors (Lipinski definition) is 2. The van der Waals surface area contributed by atoms with Gasteiger partial charge < -0.3 is 10.0 Å². The average Bonchev–Trinajstić information content (AvgIpc) is 2.64. The highest BCUT2D eigenvalue weighted by Crippen LogP contribution is 2.22. The minimum Gasteiger partial charge on any atom is -0.388 e. The Morgan fingerprint density at radius 2 is 1.79 bits per heavy atom. The first kappa shape index (κ1) is 14.5. The maximum atomic E-state index is 10.4. The molecule has 0 saturated carbocycles. The number of benzene rings is 1. The van der Waals surface area contributed by atoms with Crippen LogP contribution in [0.3, 0.4) is 0 Å². The number of nitrogens with zero attached hydrogens (tertiary/aromatic N) is 1. The van der Waals surface area contributed by atoms with E-state index in [9.17, 15) is 5.11 Å². The summed E-state index contributed by atoms with van der Waals surface area (Å²) in [5.74, 6) is 0. The monoisotopic (exact) mass is 261 g/mol. The van der Waals surface area contributed by atoms with Crippen molar-refractivity contribution in [3.63, 3.8) is 0 Å². The Morgan fingerprint density at radius 1 is 1.11 bits per heavy atom. The Bertz CT molecular complexity index is 394. The Hall–Kier alpha value is -0.860. The molecule has 1 aliphatic heterocycles. The second-order valence-electron chi connectivity index (χ2n) is 5.92. The largest absolute Gasteiger partial charge is 0.388 e. The summed E-state index contributed by atoms with van der Waals surface area (Å²) < 4.78 is 0. The molecule has 19 heavy (non-hydrogen) atoms. The zero-order chi connectivity index (χ0) is 13.7. The standard InChI is InChI=1S/C17H27NO/c1-14-7-8-16(15(2)13-14)17(19)9-12-18-10-5-3-4-6-11-18/h7-8,13,17,19H,3-6,9-12H2,1-2H3. The van der Waals surface area contributed by atoms with Crippen molar-refractivity contribution < 1.29 is 5.11 Å². The third kappa shape index (κ3) is 4.32. The molecule has 0 bridgehead atoms. The van der Waals surface area contributed by atoms with Crippen LogP contribution in [0.4, 0.5) is 0 Å². The van der Waals surface area contributed by atoms with Crippen molar-refractivity contribution in [2.45, 2.75) is 52.1 Å². The van der Waals surface area contributed by atoms with Gasteiger partial charge in [0.2, 0.25) is 0 Å². The molecule has 2 rings (SSSR count). The molecule has 1 heterocycles. The number of aliphatic hydroxyl groups excluding tert-OH is 1. The maximum Gasteiger partial charge on any atom is 0.0804 e. The molecule has 0 aromatic heterocycles. The SMILES string of the molecule is Cc1ccc(C(O)CCN2CCCCCC2)c(C)c1. The van der Waals surface area contributed by atoms with Gasteiger partial charge in [0.15, 0.2) is 0 Å². The van der Waals surface area contributed by atoms with Crippen molar-refractivity contribution in [2.24, 2.45) is 0 Å². The van der Waals surface area contributed by atoms with Gasteiger partial charge in [0.05, 0.1) is 6.10 Å². The van der Waals surface area contributed by atoms with Crippen LogP contribution in [0, 0.1) is 13.8 Å². The van der Waals surface area contributed by atoms with Gasteiger partial charge >= 0.3 is 0 Å². The van der Waals surface area contributed by atoms with Gasteiger partial charge in [-0.15, -0.1) is 0 Å². The average molecular weight is 261 g/mol. The number of rotatable bonds is 4. The molecule has 0 radical (unpaired) electrons. The third-order valence-corrected chi connectivity index (χ3v) is 4.20. The highest BCUT2D eigenvalue weighted by Gasteiger charge is 2.14. The molecule has 1 N–H and O–H groups in total. The highest BCUT2D eigenvalue weighted by atomic mass is 16.3. The Kier molecular flexibility index (Phi) is 5.41. The van der Waals surface area contributed by atoms with Crippen molar-refractivity contribution >= 4 is 0 Å². The minimum absolute atomic E-state index is 0.316. The fourth-order valence-corrected chi connectivity index (χ4v) is 3.02. The molecule has 2 heteroatoms. The second kappa shape index (κ2) is 7.06. The lowest BCUT2D eigenvalue weighted by molar-refractivity contribution is 0.142. The van der Waals surface area contributed by atoms with E-state index in [2.05, 4.69) is 36.9 Å². The highest BCUT2D eigenvalue weighted by molar-refractivity contribution is 5.31. The smallest absolute Gasteiger partial charge is 0.0804 e. The molecule has 2 nitrogen and oxygen atoms in total. The van der Waals surface area contributed by atoms with E-state index in [1.54, 1.807) is 0 Å². The molecule has 1 aromatic rings. The predicted octanol–water partition coefficient (Wildman–Crippen LogP) is 3.60. The van der Waals surface area contributed by atoms with Crippen LogP contribution in [-0.2, 0) is 0 Å². The van der Waals surface area contributed by atoms with Crippen LogP contribution in [0.25, 0.3) is 0 Å². The van der Waals surface area contributed by atoms with Gasteiger partial charge in [-0.05, 0) is 57.3 Å². The van der Waals surface area contributed by atoms with Crippen LogP contribution >= 0.6 is 0 Å². The molecule has 106 valence electrons. The van der Waals surface area contributed by atoms with E-state index in [1.165, 1.54) is 49.9 Å². The van der Waals surface area contributed by atoms with Gasteiger partial charge in [-0.2, -0.15) is 0 Å². The molecule has 1 unspecified atom stereocenters. The van der Waals surface area contributed by atoms with Crippen LogP contribution < -0.4 is 0 Å². The summed E-state index contributed by atoms with van der Waals surface area (Å²) in [6, 6.07) is 6.33. The molecule has 1 aliphatic rings. The summed E-state index contributed by atoms with van der Waals surface area (Å²) in [6.07, 6.45) is 5.92. The molecular weight excluding hydrogens is 234 g/mol. The van der Waals surface area contributed by atoms with Crippen LogP contribution in [-0.4, -0.2) is 29.6 Å². The lowest BCUT2D eigenvalue weighted by Crippen LogP contribution is -2.27. The van der Waals surface area contributed by atoms with E-state index >= 15 is 0 Å². The summed E-state index contributed by atoms with van der Waals surface area (Å²) in [6.45, 7) is 7.63. The van der Waals surface area contributed by atoms with Gasteiger partial charge in [-0.1, -0.05) is 36.6 Å². The Balaban J connectivity index is 1.87. The van der Waals surface area contributed by atoms with Crippen LogP contribution in [0.15, 0.2) is 18.2 Å². The second-order valence-corrected chi connectivity index (χ2v) is 5.92. The number of likely N-dealkylation sites (tertiary alicyclic amines) is 1. The van der Waals surface area contributed by atoms with Crippen molar-refractivity contribution in [3.8, 4) is 0 Å². The van der Waals surface area contributed by atoms with Gasteiger partial charge in [0, 0.05) is 6.54 Å². The van der Waals surface area contributed by atoms with Gasteiger partial charge in [-0.3, -0.25) is 0 Å². The summed E-state index contributed by atoms with van der Waals surface area (Å²) in [4.78, 5) is 2.51. The van der Waals surface area contributed by atoms with Crippen LogP contribution in [0.1, 0.15) is 54.9 Å². The summed E-state index contributed by atoms with van der Waals surface area (Å²) >= 11 is 0. The van der Waals surface area contributed by atoms with Gasteiger partial charge in [-0.25, -0.2) is 0 Å². The van der Waals surface area contributed by atoms with Gasteiger partial charge in [0.1, 0.15) is 0 Å². The lowest BCUT2D eigenvalue weighted by Gasteiger charge is -2.22. The van der Waals surface area contributed by atoms with Crippen molar-refractivity contribution in [1.29, 1.82) is 0 Å². The molecule has 0 spiro atoms. The first-order valence-corrected chi connectivity index (χ1v) is 7.64. The fraction of sp³-hybridized carbons (Fsp3) is 0.647. The molecule has 0 aliphatic carbocycles. The normalized spacial score (nSPS) is 19.1. The fourth-order valence-electron chi connectivity index (χ4n) is 3.02.